The molecular weight excluding hydrogens is 374 g/mol. The van der Waals surface area contributed by atoms with E-state index < -0.39 is 17.3 Å². The van der Waals surface area contributed by atoms with E-state index in [0.717, 1.165) is 18.4 Å². The summed E-state index contributed by atoms with van der Waals surface area (Å²) in [5, 5.41) is 17.9. The van der Waals surface area contributed by atoms with Crippen molar-refractivity contribution in [3.8, 4) is 5.88 Å². The second-order valence-corrected chi connectivity index (χ2v) is 8.95. The van der Waals surface area contributed by atoms with E-state index in [1.165, 1.54) is 9.08 Å². The molecule has 0 spiro atoms. The molecule has 1 saturated carbocycles. The number of aromatic nitrogens is 3. The van der Waals surface area contributed by atoms with E-state index >= 15 is 0 Å². The molecule has 0 radical (unpaired) electrons. The lowest BCUT2D eigenvalue weighted by Gasteiger charge is -2.23. The molecule has 29 heavy (non-hydrogen) atoms. The second-order valence-electron chi connectivity index (χ2n) is 8.95. The smallest absolute Gasteiger partial charge is 0.270 e. The molecule has 1 aliphatic carbocycles. The third kappa shape index (κ3) is 3.62. The molecule has 3 heterocycles. The zero-order chi connectivity index (χ0) is 20.9. The zero-order valence-electron chi connectivity index (χ0n) is 17.0. The Bertz CT molecular complexity index is 1070. The van der Waals surface area contributed by atoms with Crippen LogP contribution in [0.25, 0.3) is 11.2 Å². The number of hydrogen-bond donors (Lipinski definition) is 3. The maximum atomic E-state index is 13.4. The monoisotopic (exact) mass is 401 g/mol. The number of anilines is 1. The maximum Gasteiger partial charge on any atom is 0.270 e. The Morgan fingerprint density at radius 3 is 2.72 bits per heavy atom. The highest BCUT2D eigenvalue weighted by Crippen LogP contribution is 2.33. The van der Waals surface area contributed by atoms with Gasteiger partial charge in [-0.15, -0.1) is 5.10 Å². The van der Waals surface area contributed by atoms with Gasteiger partial charge in [0.15, 0.2) is 17.0 Å². The third-order valence-corrected chi connectivity index (χ3v) is 5.08. The predicted octanol–water partition coefficient (Wildman–Crippen LogP) is 1.53. The summed E-state index contributed by atoms with van der Waals surface area (Å²) in [4.78, 5) is 26.1. The molecule has 9 nitrogen and oxygen atoms in total. The van der Waals surface area contributed by atoms with Gasteiger partial charge in [0.2, 0.25) is 5.88 Å². The van der Waals surface area contributed by atoms with Crippen LogP contribution in [-0.4, -0.2) is 44.5 Å². The topological polar surface area (TPSA) is 124 Å². The quantitative estimate of drug-likeness (QED) is 0.714. The van der Waals surface area contributed by atoms with Crippen LogP contribution in [-0.2, 0) is 11.3 Å². The van der Waals surface area contributed by atoms with Gasteiger partial charge in [-0.2, -0.15) is 4.52 Å². The average molecular weight is 401 g/mol. The Hall–Kier alpha value is -2.81. The lowest BCUT2D eigenvalue weighted by atomic mass is 9.96. The summed E-state index contributed by atoms with van der Waals surface area (Å²) in [6.45, 7) is 7.32. The van der Waals surface area contributed by atoms with Gasteiger partial charge in [0.25, 0.3) is 11.5 Å². The molecule has 0 bridgehead atoms. The molecule has 9 heteroatoms. The summed E-state index contributed by atoms with van der Waals surface area (Å²) in [5.74, 6) is -0.866. The normalized spacial score (nSPS) is 17.4. The van der Waals surface area contributed by atoms with Gasteiger partial charge in [0, 0.05) is 12.6 Å². The van der Waals surface area contributed by atoms with Crippen LogP contribution in [0.2, 0.25) is 0 Å². The first kappa shape index (κ1) is 19.5. The van der Waals surface area contributed by atoms with Crippen LogP contribution >= 0.6 is 0 Å². The highest BCUT2D eigenvalue weighted by molar-refractivity contribution is 5.97. The molecular formula is C20H27N5O4. The van der Waals surface area contributed by atoms with Gasteiger partial charge in [0.1, 0.15) is 0 Å². The first-order valence-corrected chi connectivity index (χ1v) is 9.89. The minimum absolute atomic E-state index is 0.0544. The Morgan fingerprint density at radius 1 is 1.41 bits per heavy atom. The number of nitrogens with two attached hydrogens (primary N) is 1. The lowest BCUT2D eigenvalue weighted by molar-refractivity contribution is 0.0944. The molecule has 156 valence electrons. The number of ether oxygens (including phenoxy) is 1. The Morgan fingerprint density at radius 2 is 2.14 bits per heavy atom. The van der Waals surface area contributed by atoms with Crippen molar-refractivity contribution in [2.24, 2.45) is 5.41 Å². The first-order chi connectivity index (χ1) is 13.7. The molecule has 1 aliphatic heterocycles. The number of amides is 1. The van der Waals surface area contributed by atoms with Gasteiger partial charge in [-0.05, 0) is 30.3 Å². The predicted molar refractivity (Wildman–Crippen MR) is 109 cm³/mol. The van der Waals surface area contributed by atoms with E-state index in [2.05, 4.69) is 10.4 Å². The third-order valence-electron chi connectivity index (χ3n) is 5.08. The van der Waals surface area contributed by atoms with Crippen LogP contribution < -0.4 is 16.6 Å². The molecule has 2 aromatic rings. The Balaban J connectivity index is 2.00. The van der Waals surface area contributed by atoms with E-state index in [1.54, 1.807) is 0 Å². The highest BCUT2D eigenvalue weighted by Gasteiger charge is 2.32. The van der Waals surface area contributed by atoms with Crippen LogP contribution in [0.3, 0.4) is 0 Å². The first-order valence-electron chi connectivity index (χ1n) is 9.89. The molecule has 0 aromatic carbocycles. The summed E-state index contributed by atoms with van der Waals surface area (Å²) < 4.78 is 8.11. The van der Waals surface area contributed by atoms with Crippen molar-refractivity contribution in [2.45, 2.75) is 52.6 Å². The van der Waals surface area contributed by atoms with Crippen molar-refractivity contribution in [1.29, 1.82) is 0 Å². The Kier molecular flexibility index (Phi) is 4.65. The lowest BCUT2D eigenvalue weighted by Crippen LogP contribution is -2.37. The van der Waals surface area contributed by atoms with Crippen LogP contribution in [0, 0.1) is 5.41 Å². The molecule has 0 atom stereocenters. The zero-order valence-corrected chi connectivity index (χ0v) is 17.0. The van der Waals surface area contributed by atoms with Gasteiger partial charge < -0.3 is 20.9 Å². The number of rotatable bonds is 4. The molecule has 0 unspecified atom stereocenters. The van der Waals surface area contributed by atoms with Gasteiger partial charge >= 0.3 is 0 Å². The molecule has 1 amide bonds. The van der Waals surface area contributed by atoms with E-state index in [9.17, 15) is 14.7 Å². The summed E-state index contributed by atoms with van der Waals surface area (Å²) in [5.41, 5.74) is 7.03. The van der Waals surface area contributed by atoms with E-state index in [4.69, 9.17) is 10.5 Å². The molecule has 4 N–H and O–H groups in total. The number of carbonyl (C=O) groups excluding carboxylic acids is 1. The van der Waals surface area contributed by atoms with Gasteiger partial charge in [-0.25, -0.2) is 0 Å². The number of carbonyl (C=O) groups is 1. The Labute approximate surface area is 168 Å². The number of nitrogens with one attached hydrogen (secondary N) is 1. The summed E-state index contributed by atoms with van der Waals surface area (Å²) in [6, 6.07) is 0.0544. The van der Waals surface area contributed by atoms with Crippen molar-refractivity contribution in [3.05, 3.63) is 27.6 Å². The number of fused-ring (bicyclic) bond motifs is 1. The fourth-order valence-corrected chi connectivity index (χ4v) is 3.62. The van der Waals surface area contributed by atoms with Crippen molar-refractivity contribution < 1.29 is 14.6 Å². The number of nitrogen functional groups attached to an aromatic ring is 1. The molecule has 4 rings (SSSR count). The molecule has 0 saturated heterocycles. The van der Waals surface area contributed by atoms with Gasteiger partial charge in [0.05, 0.1) is 18.8 Å². The van der Waals surface area contributed by atoms with Crippen LogP contribution in [0.4, 0.5) is 5.82 Å². The number of nitrogens with zero attached hydrogens (tertiary/aromatic N) is 3. The largest absolute Gasteiger partial charge is 0.492 e. The highest BCUT2D eigenvalue weighted by atomic mass is 16.5. The van der Waals surface area contributed by atoms with Crippen LogP contribution in [0.15, 0.2) is 10.9 Å². The van der Waals surface area contributed by atoms with Crippen molar-refractivity contribution >= 4 is 22.9 Å². The van der Waals surface area contributed by atoms with Crippen LogP contribution in [0.1, 0.15) is 56.0 Å². The molecule has 2 aromatic heterocycles. The minimum Gasteiger partial charge on any atom is -0.492 e. The molecule has 1 fully saturated rings. The number of aromatic hydroxyl groups is 1. The minimum atomic E-state index is -0.583. The van der Waals surface area contributed by atoms with Crippen molar-refractivity contribution in [3.63, 3.8) is 0 Å². The molecule has 2 aliphatic rings. The van der Waals surface area contributed by atoms with Gasteiger partial charge in [-0.1, -0.05) is 26.8 Å². The summed E-state index contributed by atoms with van der Waals surface area (Å²) in [6.07, 6.45) is 4.29. The van der Waals surface area contributed by atoms with Crippen molar-refractivity contribution in [1.82, 2.24) is 19.5 Å². The fraction of sp³-hybridized carbons (Fsp3) is 0.550. The van der Waals surface area contributed by atoms with Gasteiger partial charge in [-0.3, -0.25) is 14.2 Å². The summed E-state index contributed by atoms with van der Waals surface area (Å²) >= 11 is 0. The van der Waals surface area contributed by atoms with Crippen LogP contribution in [0.5, 0.6) is 5.88 Å². The average Bonchev–Trinajstić information content (AvgIpc) is 3.38. The fourth-order valence-electron chi connectivity index (χ4n) is 3.62. The van der Waals surface area contributed by atoms with E-state index in [0.29, 0.717) is 37.4 Å². The van der Waals surface area contributed by atoms with E-state index in [-0.39, 0.29) is 22.8 Å². The van der Waals surface area contributed by atoms with E-state index in [1.807, 2.05) is 26.8 Å². The standard InChI is InChI=1S/C20H27N5O4/c1-20(2,3)10-24-17-13(11-6-8-29-9-7-11)15(21)23-25(17)19(28)14(18(24)27)16(26)22-12-4-5-12/h6,12,28H,4-5,7-10H2,1-3H3,(H2,21,23)(H,22,26). The SMILES string of the molecule is CC(C)(C)Cn1c(=O)c(C(=O)NC2CC2)c(O)n2nc(N)c(C3=CCOCC3)c12. The number of hydrogen-bond acceptors (Lipinski definition) is 6. The summed E-state index contributed by atoms with van der Waals surface area (Å²) in [7, 11) is 0. The van der Waals surface area contributed by atoms with Crippen molar-refractivity contribution in [2.75, 3.05) is 18.9 Å². The maximum absolute atomic E-state index is 13.4. The second kappa shape index (κ2) is 6.91.